The lowest BCUT2D eigenvalue weighted by atomic mass is 10.1. The first-order valence-electron chi connectivity index (χ1n) is 5.03. The van der Waals surface area contributed by atoms with E-state index in [2.05, 4.69) is 4.98 Å². The topological polar surface area (TPSA) is 101 Å². The molecule has 2 rings (SSSR count). The maximum Gasteiger partial charge on any atom is 0.273 e. The smallest absolute Gasteiger partial charge is 0.273 e. The Morgan fingerprint density at radius 1 is 1.44 bits per heavy atom. The van der Waals surface area contributed by atoms with E-state index in [-0.39, 0.29) is 11.3 Å². The number of hydrogen-bond acceptors (Lipinski definition) is 5. The number of benzene rings is 1. The highest BCUT2D eigenvalue weighted by atomic mass is 16.6. The molecule has 0 aliphatic carbocycles. The van der Waals surface area contributed by atoms with Crippen LogP contribution in [-0.2, 0) is 11.2 Å². The van der Waals surface area contributed by atoms with E-state index in [0.29, 0.717) is 5.69 Å². The zero-order chi connectivity index (χ0) is 13.1. The molecule has 1 aromatic carbocycles. The Kier molecular flexibility index (Phi) is 3.05. The van der Waals surface area contributed by atoms with Crippen LogP contribution in [0.5, 0.6) is 0 Å². The van der Waals surface area contributed by atoms with Gasteiger partial charge < -0.3 is 14.5 Å². The van der Waals surface area contributed by atoms with Gasteiger partial charge in [0.2, 0.25) is 0 Å². The van der Waals surface area contributed by atoms with Gasteiger partial charge in [-0.25, -0.2) is 4.98 Å². The molecule has 0 unspecified atom stereocenters. The van der Waals surface area contributed by atoms with Crippen molar-refractivity contribution >= 4 is 11.7 Å². The number of nitro benzene ring substituents is 1. The monoisotopic (exact) mass is 246 g/mol. The fourth-order valence-corrected chi connectivity index (χ4v) is 1.62. The molecule has 0 aliphatic heterocycles. The van der Waals surface area contributed by atoms with Crippen LogP contribution in [0.3, 0.4) is 0 Å². The Morgan fingerprint density at radius 2 is 2.22 bits per heavy atom. The van der Waals surface area contributed by atoms with Gasteiger partial charge in [-0.05, 0) is 12.1 Å². The van der Waals surface area contributed by atoms with E-state index >= 15 is 0 Å². The lowest BCUT2D eigenvalue weighted by molar-refractivity contribution is -0.385. The Balaban J connectivity index is 2.48. The summed E-state index contributed by atoms with van der Waals surface area (Å²) in [6, 6.07) is 4.24. The number of carboxylic acid groups (broad SMARTS) is 1. The minimum atomic E-state index is -1.36. The SMILES string of the molecule is O=C([O-])Cc1cc(-n2ccnc2)ccc1[N+](=O)[O-]. The van der Waals surface area contributed by atoms with Crippen molar-refractivity contribution < 1.29 is 14.8 Å². The Labute approximate surface area is 101 Å². The largest absolute Gasteiger partial charge is 0.550 e. The molecule has 18 heavy (non-hydrogen) atoms. The van der Waals surface area contributed by atoms with Crippen LogP contribution < -0.4 is 5.11 Å². The number of carboxylic acids is 1. The fraction of sp³-hybridized carbons (Fsp3) is 0.0909. The van der Waals surface area contributed by atoms with Gasteiger partial charge >= 0.3 is 0 Å². The minimum absolute atomic E-state index is 0.103. The lowest BCUT2D eigenvalue weighted by Gasteiger charge is -2.07. The highest BCUT2D eigenvalue weighted by Gasteiger charge is 2.14. The van der Waals surface area contributed by atoms with Crippen LogP contribution >= 0.6 is 0 Å². The van der Waals surface area contributed by atoms with Crippen molar-refractivity contribution in [3.8, 4) is 5.69 Å². The summed E-state index contributed by atoms with van der Waals surface area (Å²) in [7, 11) is 0. The molecule has 92 valence electrons. The highest BCUT2D eigenvalue weighted by Crippen LogP contribution is 2.22. The zero-order valence-corrected chi connectivity index (χ0v) is 9.15. The third-order valence-electron chi connectivity index (χ3n) is 2.40. The molecule has 0 amide bonds. The third kappa shape index (κ3) is 2.34. The molecule has 1 heterocycles. The molecule has 0 spiro atoms. The average molecular weight is 246 g/mol. The van der Waals surface area contributed by atoms with Crippen molar-refractivity contribution in [3.63, 3.8) is 0 Å². The van der Waals surface area contributed by atoms with Gasteiger partial charge in [0.1, 0.15) is 0 Å². The molecule has 2 aromatic rings. The number of hydrogen-bond donors (Lipinski definition) is 0. The van der Waals surface area contributed by atoms with Gasteiger partial charge in [-0.2, -0.15) is 0 Å². The summed E-state index contributed by atoms with van der Waals surface area (Å²) < 4.78 is 1.63. The highest BCUT2D eigenvalue weighted by molar-refractivity contribution is 5.70. The number of nitro groups is 1. The molecule has 0 saturated carbocycles. The first-order chi connectivity index (χ1) is 8.58. The van der Waals surface area contributed by atoms with Crippen LogP contribution in [0.15, 0.2) is 36.9 Å². The summed E-state index contributed by atoms with van der Waals surface area (Å²) in [4.78, 5) is 24.6. The van der Waals surface area contributed by atoms with Gasteiger partial charge in [-0.15, -0.1) is 0 Å². The van der Waals surface area contributed by atoms with Crippen LogP contribution in [0.4, 0.5) is 5.69 Å². The van der Waals surface area contributed by atoms with E-state index < -0.39 is 17.3 Å². The summed E-state index contributed by atoms with van der Waals surface area (Å²) in [5.41, 5.74) is 0.476. The molecule has 0 radical (unpaired) electrons. The van der Waals surface area contributed by atoms with Gasteiger partial charge in [0, 0.05) is 42.1 Å². The molecule has 0 atom stereocenters. The van der Waals surface area contributed by atoms with Gasteiger partial charge in [0.15, 0.2) is 0 Å². The maximum absolute atomic E-state index is 10.8. The zero-order valence-electron chi connectivity index (χ0n) is 9.15. The van der Waals surface area contributed by atoms with Crippen molar-refractivity contribution in [1.82, 2.24) is 9.55 Å². The summed E-state index contributed by atoms with van der Waals surface area (Å²) in [5.74, 6) is -1.36. The van der Waals surface area contributed by atoms with E-state index in [4.69, 9.17) is 0 Å². The minimum Gasteiger partial charge on any atom is -0.550 e. The standard InChI is InChI=1S/C11H9N3O4/c15-11(16)6-8-5-9(13-4-3-12-7-13)1-2-10(8)14(17)18/h1-5,7H,6H2,(H,15,16)/p-1. The number of carbonyl (C=O) groups excluding carboxylic acids is 1. The van der Waals surface area contributed by atoms with Crippen LogP contribution in [0.2, 0.25) is 0 Å². The molecule has 0 bridgehead atoms. The van der Waals surface area contributed by atoms with Crippen molar-refractivity contribution in [2.45, 2.75) is 6.42 Å². The number of carbonyl (C=O) groups is 1. The molecule has 7 nitrogen and oxygen atoms in total. The molecule has 0 saturated heterocycles. The number of aliphatic carboxylic acids is 1. The second-order valence-corrected chi connectivity index (χ2v) is 3.59. The number of rotatable bonds is 4. The number of imidazole rings is 1. The Morgan fingerprint density at radius 3 is 2.78 bits per heavy atom. The summed E-state index contributed by atoms with van der Waals surface area (Å²) in [6.07, 6.45) is 4.23. The van der Waals surface area contributed by atoms with E-state index in [1.165, 1.54) is 24.5 Å². The van der Waals surface area contributed by atoms with Crippen molar-refractivity contribution in [1.29, 1.82) is 0 Å². The molecular formula is C11H8N3O4-. The van der Waals surface area contributed by atoms with Crippen molar-refractivity contribution in [3.05, 3.63) is 52.6 Å². The maximum atomic E-state index is 10.8. The number of nitrogens with zero attached hydrogens (tertiary/aromatic N) is 3. The molecule has 0 N–H and O–H groups in total. The third-order valence-corrected chi connectivity index (χ3v) is 2.40. The summed E-state index contributed by atoms with van der Waals surface area (Å²) in [6.45, 7) is 0. The Bertz CT molecular complexity index is 592. The predicted molar refractivity (Wildman–Crippen MR) is 58.9 cm³/mol. The lowest BCUT2D eigenvalue weighted by Crippen LogP contribution is -2.24. The van der Waals surface area contributed by atoms with E-state index in [9.17, 15) is 20.0 Å². The number of aromatic nitrogens is 2. The van der Waals surface area contributed by atoms with Crippen molar-refractivity contribution in [2.24, 2.45) is 0 Å². The molecule has 0 fully saturated rings. The van der Waals surface area contributed by atoms with Crippen molar-refractivity contribution in [2.75, 3.05) is 0 Å². The van der Waals surface area contributed by atoms with E-state index in [1.807, 2.05) is 0 Å². The first-order valence-corrected chi connectivity index (χ1v) is 5.03. The van der Waals surface area contributed by atoms with Gasteiger partial charge in [-0.1, -0.05) is 0 Å². The predicted octanol–water partition coefficient (Wildman–Crippen LogP) is 0.0729. The van der Waals surface area contributed by atoms with Crippen LogP contribution in [-0.4, -0.2) is 20.4 Å². The second-order valence-electron chi connectivity index (χ2n) is 3.59. The van der Waals surface area contributed by atoms with Crippen LogP contribution in [0, 0.1) is 10.1 Å². The molecule has 1 aromatic heterocycles. The van der Waals surface area contributed by atoms with Gasteiger partial charge in [-0.3, -0.25) is 10.1 Å². The van der Waals surface area contributed by atoms with Crippen LogP contribution in [0.25, 0.3) is 5.69 Å². The molecule has 7 heteroatoms. The summed E-state index contributed by atoms with van der Waals surface area (Å²) in [5, 5.41) is 21.4. The van der Waals surface area contributed by atoms with Gasteiger partial charge in [0.05, 0.1) is 11.3 Å². The molecular weight excluding hydrogens is 238 g/mol. The van der Waals surface area contributed by atoms with E-state index in [0.717, 1.165) is 0 Å². The van der Waals surface area contributed by atoms with Gasteiger partial charge in [0.25, 0.3) is 5.69 Å². The first kappa shape index (κ1) is 11.8. The normalized spacial score (nSPS) is 10.2. The average Bonchev–Trinajstić information content (AvgIpc) is 2.81. The Hall–Kier alpha value is -2.70. The summed E-state index contributed by atoms with van der Waals surface area (Å²) >= 11 is 0. The van der Waals surface area contributed by atoms with Crippen LogP contribution in [0.1, 0.15) is 5.56 Å². The molecule has 0 aliphatic rings. The second kappa shape index (κ2) is 4.66. The fourth-order valence-electron chi connectivity index (χ4n) is 1.62. The quantitative estimate of drug-likeness (QED) is 0.561. The van der Waals surface area contributed by atoms with E-state index in [1.54, 1.807) is 17.0 Å².